The van der Waals surface area contributed by atoms with E-state index >= 15 is 0 Å². The average molecular weight is 268 g/mol. The molecule has 3 heteroatoms. The number of H-pyrrole nitrogens is 1. The van der Waals surface area contributed by atoms with Crippen molar-refractivity contribution in [1.29, 1.82) is 0 Å². The second-order valence-corrected chi connectivity index (χ2v) is 5.54. The van der Waals surface area contributed by atoms with Crippen LogP contribution in [0.15, 0.2) is 64.5 Å². The first-order valence-electron chi connectivity index (χ1n) is 6.35. The fourth-order valence-electron chi connectivity index (χ4n) is 2.16. The van der Waals surface area contributed by atoms with Gasteiger partial charge in [0.15, 0.2) is 0 Å². The highest BCUT2D eigenvalue weighted by molar-refractivity contribution is 7.99. The average Bonchev–Trinajstić information content (AvgIpc) is 2.83. The molecule has 19 heavy (non-hydrogen) atoms. The summed E-state index contributed by atoms with van der Waals surface area (Å²) in [5, 5.41) is 5.66. The SMILES string of the molecule is CNCc1ccccc1Sc1cc2ccccc2[nH]1. The second-order valence-electron chi connectivity index (χ2n) is 4.46. The van der Waals surface area contributed by atoms with Crippen molar-refractivity contribution in [2.24, 2.45) is 0 Å². The summed E-state index contributed by atoms with van der Waals surface area (Å²) in [5.41, 5.74) is 2.52. The predicted molar refractivity (Wildman–Crippen MR) is 81.6 cm³/mol. The first-order chi connectivity index (χ1) is 9.36. The molecule has 0 aliphatic heterocycles. The Hall–Kier alpha value is -1.71. The maximum atomic E-state index is 3.46. The molecule has 96 valence electrons. The van der Waals surface area contributed by atoms with Crippen molar-refractivity contribution in [3.8, 4) is 0 Å². The van der Waals surface area contributed by atoms with Crippen molar-refractivity contribution >= 4 is 22.7 Å². The van der Waals surface area contributed by atoms with Crippen molar-refractivity contribution in [3.63, 3.8) is 0 Å². The molecule has 0 bridgehead atoms. The number of aromatic nitrogens is 1. The third kappa shape index (κ3) is 2.67. The quantitative estimate of drug-likeness (QED) is 0.747. The number of para-hydroxylation sites is 1. The van der Waals surface area contributed by atoms with Gasteiger partial charge >= 0.3 is 0 Å². The van der Waals surface area contributed by atoms with E-state index in [2.05, 4.69) is 64.9 Å². The van der Waals surface area contributed by atoms with E-state index in [0.29, 0.717) is 0 Å². The van der Waals surface area contributed by atoms with Gasteiger partial charge in [-0.25, -0.2) is 0 Å². The fraction of sp³-hybridized carbons (Fsp3) is 0.125. The molecule has 0 fully saturated rings. The van der Waals surface area contributed by atoms with E-state index in [4.69, 9.17) is 0 Å². The van der Waals surface area contributed by atoms with E-state index in [1.807, 2.05) is 7.05 Å². The minimum Gasteiger partial charge on any atom is -0.349 e. The monoisotopic (exact) mass is 268 g/mol. The summed E-state index contributed by atoms with van der Waals surface area (Å²) >= 11 is 1.78. The molecule has 1 aromatic heterocycles. The third-order valence-electron chi connectivity index (χ3n) is 3.07. The van der Waals surface area contributed by atoms with Gasteiger partial charge in [-0.05, 0) is 30.8 Å². The van der Waals surface area contributed by atoms with Crippen LogP contribution in [-0.2, 0) is 6.54 Å². The van der Waals surface area contributed by atoms with Gasteiger partial charge in [0.2, 0.25) is 0 Å². The van der Waals surface area contributed by atoms with Crippen LogP contribution >= 0.6 is 11.8 Å². The Bertz CT molecular complexity index is 655. The zero-order chi connectivity index (χ0) is 13.1. The molecule has 0 aliphatic rings. The van der Waals surface area contributed by atoms with Crippen molar-refractivity contribution < 1.29 is 0 Å². The molecular formula is C16H16N2S. The molecule has 0 aliphatic carbocycles. The van der Waals surface area contributed by atoms with Crippen molar-refractivity contribution in [1.82, 2.24) is 10.3 Å². The van der Waals surface area contributed by atoms with Crippen LogP contribution in [0.5, 0.6) is 0 Å². The van der Waals surface area contributed by atoms with E-state index in [1.54, 1.807) is 11.8 Å². The van der Waals surface area contributed by atoms with Crippen molar-refractivity contribution in [2.75, 3.05) is 7.05 Å². The number of benzene rings is 2. The van der Waals surface area contributed by atoms with Gasteiger partial charge in [-0.15, -0.1) is 0 Å². The highest BCUT2D eigenvalue weighted by atomic mass is 32.2. The normalized spacial score (nSPS) is 11.0. The molecule has 1 heterocycles. The van der Waals surface area contributed by atoms with Gasteiger partial charge in [0, 0.05) is 22.3 Å². The van der Waals surface area contributed by atoms with Crippen LogP contribution in [-0.4, -0.2) is 12.0 Å². The lowest BCUT2D eigenvalue weighted by Gasteiger charge is -2.07. The van der Waals surface area contributed by atoms with Gasteiger partial charge in [0.1, 0.15) is 0 Å². The summed E-state index contributed by atoms with van der Waals surface area (Å²) < 4.78 is 0. The van der Waals surface area contributed by atoms with Crippen LogP contribution in [0, 0.1) is 0 Å². The minimum absolute atomic E-state index is 0.892. The van der Waals surface area contributed by atoms with Crippen LogP contribution in [0.2, 0.25) is 0 Å². The number of aromatic amines is 1. The van der Waals surface area contributed by atoms with E-state index < -0.39 is 0 Å². The number of rotatable bonds is 4. The van der Waals surface area contributed by atoms with E-state index in [0.717, 1.165) is 6.54 Å². The highest BCUT2D eigenvalue weighted by Gasteiger charge is 2.05. The highest BCUT2D eigenvalue weighted by Crippen LogP contribution is 2.31. The number of fused-ring (bicyclic) bond motifs is 1. The fourth-order valence-corrected chi connectivity index (χ4v) is 3.16. The number of hydrogen-bond donors (Lipinski definition) is 2. The Morgan fingerprint density at radius 3 is 2.68 bits per heavy atom. The topological polar surface area (TPSA) is 27.8 Å². The Balaban J connectivity index is 1.92. The maximum Gasteiger partial charge on any atom is 0.0780 e. The lowest BCUT2D eigenvalue weighted by Crippen LogP contribution is -2.05. The molecule has 0 amide bonds. The molecule has 0 unspecified atom stereocenters. The number of nitrogens with one attached hydrogen (secondary N) is 2. The van der Waals surface area contributed by atoms with Crippen LogP contribution in [0.1, 0.15) is 5.56 Å². The van der Waals surface area contributed by atoms with Gasteiger partial charge in [-0.1, -0.05) is 48.2 Å². The van der Waals surface area contributed by atoms with Gasteiger partial charge in [-0.3, -0.25) is 0 Å². The van der Waals surface area contributed by atoms with Gasteiger partial charge in [0.25, 0.3) is 0 Å². The van der Waals surface area contributed by atoms with E-state index in [9.17, 15) is 0 Å². The van der Waals surface area contributed by atoms with Gasteiger partial charge in [0.05, 0.1) is 5.03 Å². The smallest absolute Gasteiger partial charge is 0.0780 e. The van der Waals surface area contributed by atoms with E-state index in [1.165, 1.54) is 26.4 Å². The second kappa shape index (κ2) is 5.51. The third-order valence-corrected chi connectivity index (χ3v) is 4.12. The lowest BCUT2D eigenvalue weighted by molar-refractivity contribution is 0.803. The minimum atomic E-state index is 0.892. The predicted octanol–water partition coefficient (Wildman–Crippen LogP) is 4.04. The zero-order valence-electron chi connectivity index (χ0n) is 10.8. The molecule has 3 rings (SSSR count). The maximum absolute atomic E-state index is 3.46. The van der Waals surface area contributed by atoms with Gasteiger partial charge in [-0.2, -0.15) is 0 Å². The van der Waals surface area contributed by atoms with Crippen LogP contribution in [0.3, 0.4) is 0 Å². The van der Waals surface area contributed by atoms with Crippen molar-refractivity contribution in [2.45, 2.75) is 16.5 Å². The first-order valence-corrected chi connectivity index (χ1v) is 7.16. The molecule has 2 nitrogen and oxygen atoms in total. The standard InChI is InChI=1S/C16H16N2S/c1-17-11-13-7-3-5-9-15(13)19-16-10-12-6-2-4-8-14(12)18-16/h2-10,17-18H,11H2,1H3. The molecule has 0 radical (unpaired) electrons. The summed E-state index contributed by atoms with van der Waals surface area (Å²) in [6, 6.07) is 19.1. The van der Waals surface area contributed by atoms with Crippen LogP contribution < -0.4 is 5.32 Å². The summed E-state index contributed by atoms with van der Waals surface area (Å²) in [6.07, 6.45) is 0. The Labute approximate surface area is 117 Å². The molecule has 0 atom stereocenters. The summed E-state index contributed by atoms with van der Waals surface area (Å²) in [6.45, 7) is 0.892. The molecular weight excluding hydrogens is 252 g/mol. The largest absolute Gasteiger partial charge is 0.349 e. The summed E-state index contributed by atoms with van der Waals surface area (Å²) in [4.78, 5) is 4.75. The lowest BCUT2D eigenvalue weighted by atomic mass is 10.2. The zero-order valence-corrected chi connectivity index (χ0v) is 11.6. The summed E-state index contributed by atoms with van der Waals surface area (Å²) in [7, 11) is 1.98. The molecule has 3 aromatic rings. The van der Waals surface area contributed by atoms with Crippen molar-refractivity contribution in [3.05, 3.63) is 60.2 Å². The first kappa shape index (κ1) is 12.3. The molecule has 0 saturated carbocycles. The van der Waals surface area contributed by atoms with E-state index in [-0.39, 0.29) is 0 Å². The van der Waals surface area contributed by atoms with Crippen LogP contribution in [0.25, 0.3) is 10.9 Å². The Morgan fingerprint density at radius 2 is 1.84 bits per heavy atom. The summed E-state index contributed by atoms with van der Waals surface area (Å²) in [5.74, 6) is 0. The van der Waals surface area contributed by atoms with Gasteiger partial charge < -0.3 is 10.3 Å². The molecule has 2 N–H and O–H groups in total. The molecule has 2 aromatic carbocycles. The Kier molecular flexibility index (Phi) is 3.58. The van der Waals surface area contributed by atoms with Crippen LogP contribution in [0.4, 0.5) is 0 Å². The molecule has 0 spiro atoms. The Morgan fingerprint density at radius 1 is 1.05 bits per heavy atom. The molecule has 0 saturated heterocycles. The number of hydrogen-bond acceptors (Lipinski definition) is 2.